The number of sulfonamides is 1. The van der Waals surface area contributed by atoms with Gasteiger partial charge in [0.2, 0.25) is 10.0 Å². The standard InChI is InChI=1S/C12H21N3O4S/c1-12(2,3)4-5-20(18,19)15-10(11(16)17)6-9-7-13-8-14-9/h7-8,10,15H,4-6H2,1-3H3,(H,13,14)(H,16,17)/t10-/m1/s1. The largest absolute Gasteiger partial charge is 0.480 e. The number of hydrogen-bond acceptors (Lipinski definition) is 4. The number of rotatable bonds is 7. The molecule has 0 radical (unpaired) electrons. The summed E-state index contributed by atoms with van der Waals surface area (Å²) in [6.07, 6.45) is 3.38. The maximum atomic E-state index is 11.9. The number of carboxylic acid groups (broad SMARTS) is 1. The molecular weight excluding hydrogens is 282 g/mol. The number of aromatic amines is 1. The summed E-state index contributed by atoms with van der Waals surface area (Å²) in [6.45, 7) is 5.80. The van der Waals surface area contributed by atoms with Crippen molar-refractivity contribution in [2.24, 2.45) is 5.41 Å². The van der Waals surface area contributed by atoms with Crippen LogP contribution in [0.4, 0.5) is 0 Å². The van der Waals surface area contributed by atoms with Crippen molar-refractivity contribution in [2.45, 2.75) is 39.7 Å². The molecule has 1 heterocycles. The molecule has 7 nitrogen and oxygen atoms in total. The van der Waals surface area contributed by atoms with Gasteiger partial charge in [-0.2, -0.15) is 0 Å². The van der Waals surface area contributed by atoms with E-state index in [1.54, 1.807) is 0 Å². The number of aliphatic carboxylic acids is 1. The average molecular weight is 303 g/mol. The predicted octanol–water partition coefficient (Wildman–Crippen LogP) is 0.761. The summed E-state index contributed by atoms with van der Waals surface area (Å²) in [5.41, 5.74) is 0.438. The zero-order chi connectivity index (χ0) is 15.4. The highest BCUT2D eigenvalue weighted by Gasteiger charge is 2.26. The second-order valence-electron chi connectivity index (χ2n) is 5.92. The van der Waals surface area contributed by atoms with Crippen LogP contribution in [0.3, 0.4) is 0 Å². The Morgan fingerprint density at radius 3 is 2.60 bits per heavy atom. The van der Waals surface area contributed by atoms with E-state index in [1.807, 2.05) is 20.8 Å². The van der Waals surface area contributed by atoms with Crippen LogP contribution in [0.25, 0.3) is 0 Å². The van der Waals surface area contributed by atoms with Gasteiger partial charge in [0.05, 0.1) is 12.1 Å². The number of H-pyrrole nitrogens is 1. The molecule has 114 valence electrons. The first-order valence-corrected chi connectivity index (χ1v) is 7.94. The van der Waals surface area contributed by atoms with Crippen molar-refractivity contribution in [1.29, 1.82) is 0 Å². The summed E-state index contributed by atoms with van der Waals surface area (Å²) < 4.78 is 26.1. The van der Waals surface area contributed by atoms with E-state index in [0.29, 0.717) is 12.1 Å². The van der Waals surface area contributed by atoms with Crippen molar-refractivity contribution >= 4 is 16.0 Å². The highest BCUT2D eigenvalue weighted by molar-refractivity contribution is 7.89. The predicted molar refractivity (Wildman–Crippen MR) is 74.7 cm³/mol. The van der Waals surface area contributed by atoms with Crippen LogP contribution in [0.15, 0.2) is 12.5 Å². The molecule has 0 aliphatic rings. The minimum atomic E-state index is -3.63. The summed E-state index contributed by atoms with van der Waals surface area (Å²) in [7, 11) is -3.63. The van der Waals surface area contributed by atoms with Gasteiger partial charge in [0.1, 0.15) is 6.04 Å². The summed E-state index contributed by atoms with van der Waals surface area (Å²) >= 11 is 0. The van der Waals surface area contributed by atoms with E-state index in [2.05, 4.69) is 14.7 Å². The molecule has 3 N–H and O–H groups in total. The molecule has 0 bridgehead atoms. The fraction of sp³-hybridized carbons (Fsp3) is 0.667. The Balaban J connectivity index is 2.67. The van der Waals surface area contributed by atoms with Gasteiger partial charge in [-0.3, -0.25) is 4.79 Å². The number of aromatic nitrogens is 2. The van der Waals surface area contributed by atoms with Crippen LogP contribution in [0.5, 0.6) is 0 Å². The highest BCUT2D eigenvalue weighted by atomic mass is 32.2. The lowest BCUT2D eigenvalue weighted by Gasteiger charge is -2.19. The van der Waals surface area contributed by atoms with Gasteiger partial charge in [0.25, 0.3) is 0 Å². The molecule has 0 unspecified atom stereocenters. The number of carboxylic acids is 1. The van der Waals surface area contributed by atoms with Gasteiger partial charge in [-0.15, -0.1) is 0 Å². The van der Waals surface area contributed by atoms with E-state index in [0.717, 1.165) is 0 Å². The first kappa shape index (κ1) is 16.6. The first-order chi connectivity index (χ1) is 9.09. The maximum Gasteiger partial charge on any atom is 0.322 e. The van der Waals surface area contributed by atoms with E-state index in [-0.39, 0.29) is 17.6 Å². The molecule has 0 fully saturated rings. The minimum Gasteiger partial charge on any atom is -0.480 e. The van der Waals surface area contributed by atoms with Crippen molar-refractivity contribution in [3.8, 4) is 0 Å². The normalized spacial score (nSPS) is 14.2. The van der Waals surface area contributed by atoms with Crippen molar-refractivity contribution < 1.29 is 18.3 Å². The molecule has 0 aromatic carbocycles. The third kappa shape index (κ3) is 6.16. The molecule has 1 aromatic heterocycles. The van der Waals surface area contributed by atoms with E-state index >= 15 is 0 Å². The van der Waals surface area contributed by atoms with Gasteiger partial charge in [0, 0.05) is 18.3 Å². The fourth-order valence-corrected chi connectivity index (χ4v) is 3.13. The molecule has 0 spiro atoms. The lowest BCUT2D eigenvalue weighted by Crippen LogP contribution is -2.43. The van der Waals surface area contributed by atoms with Crippen LogP contribution >= 0.6 is 0 Å². The summed E-state index contributed by atoms with van der Waals surface area (Å²) in [4.78, 5) is 17.7. The van der Waals surface area contributed by atoms with Crippen LogP contribution in [-0.4, -0.2) is 41.3 Å². The van der Waals surface area contributed by atoms with Gasteiger partial charge in [0.15, 0.2) is 0 Å². The zero-order valence-electron chi connectivity index (χ0n) is 11.9. The number of hydrogen-bond donors (Lipinski definition) is 3. The van der Waals surface area contributed by atoms with E-state index in [1.165, 1.54) is 12.5 Å². The number of nitrogens with zero attached hydrogens (tertiary/aromatic N) is 1. The number of nitrogens with one attached hydrogen (secondary N) is 2. The second kappa shape index (κ2) is 6.36. The molecule has 0 aliphatic carbocycles. The topological polar surface area (TPSA) is 112 Å². The van der Waals surface area contributed by atoms with Crippen molar-refractivity contribution in [1.82, 2.24) is 14.7 Å². The Bertz CT molecular complexity index is 532. The summed E-state index contributed by atoms with van der Waals surface area (Å²) in [6, 6.07) is -1.19. The molecule has 8 heteroatoms. The minimum absolute atomic E-state index is 0.0318. The highest BCUT2D eigenvalue weighted by Crippen LogP contribution is 2.19. The quantitative estimate of drug-likeness (QED) is 0.688. The van der Waals surface area contributed by atoms with Gasteiger partial charge in [-0.05, 0) is 11.8 Å². The summed E-state index contributed by atoms with van der Waals surface area (Å²) in [5.74, 6) is -1.30. The van der Waals surface area contributed by atoms with Crippen LogP contribution in [0, 0.1) is 5.41 Å². The Kier molecular flexibility index (Phi) is 5.29. The maximum absolute atomic E-state index is 11.9. The first-order valence-electron chi connectivity index (χ1n) is 6.29. The number of imidazole rings is 1. The molecule has 1 rings (SSSR count). The van der Waals surface area contributed by atoms with Gasteiger partial charge in [-0.1, -0.05) is 20.8 Å². The van der Waals surface area contributed by atoms with Crippen molar-refractivity contribution in [2.75, 3.05) is 5.75 Å². The van der Waals surface area contributed by atoms with Crippen LogP contribution in [0.1, 0.15) is 32.9 Å². The molecule has 1 atom stereocenters. The monoisotopic (exact) mass is 303 g/mol. The average Bonchev–Trinajstić information content (AvgIpc) is 2.77. The molecule has 0 amide bonds. The number of carbonyl (C=O) groups is 1. The van der Waals surface area contributed by atoms with E-state index in [9.17, 15) is 13.2 Å². The molecule has 0 saturated carbocycles. The fourth-order valence-electron chi connectivity index (χ4n) is 1.51. The molecule has 0 saturated heterocycles. The Hall–Kier alpha value is -1.41. The van der Waals surface area contributed by atoms with Gasteiger partial charge < -0.3 is 10.1 Å². The Labute approximate surface area is 118 Å². The lowest BCUT2D eigenvalue weighted by molar-refractivity contribution is -0.138. The van der Waals surface area contributed by atoms with Crippen LogP contribution < -0.4 is 4.72 Å². The van der Waals surface area contributed by atoms with Crippen LogP contribution in [0.2, 0.25) is 0 Å². The van der Waals surface area contributed by atoms with Gasteiger partial charge >= 0.3 is 5.97 Å². The second-order valence-corrected chi connectivity index (χ2v) is 7.79. The Morgan fingerprint density at radius 2 is 2.15 bits per heavy atom. The van der Waals surface area contributed by atoms with Crippen molar-refractivity contribution in [3.63, 3.8) is 0 Å². The molecule has 20 heavy (non-hydrogen) atoms. The SMILES string of the molecule is CC(C)(C)CCS(=O)(=O)N[C@H](Cc1cnc[nH]1)C(=O)O. The molecule has 0 aliphatic heterocycles. The molecule has 1 aromatic rings. The van der Waals surface area contributed by atoms with Gasteiger partial charge in [-0.25, -0.2) is 18.1 Å². The third-order valence-electron chi connectivity index (χ3n) is 2.72. The third-order valence-corrected chi connectivity index (χ3v) is 4.10. The summed E-state index contributed by atoms with van der Waals surface area (Å²) in [5, 5.41) is 9.10. The van der Waals surface area contributed by atoms with E-state index in [4.69, 9.17) is 5.11 Å². The lowest BCUT2D eigenvalue weighted by atomic mass is 9.94. The van der Waals surface area contributed by atoms with Crippen LogP contribution in [-0.2, 0) is 21.2 Å². The Morgan fingerprint density at radius 1 is 1.50 bits per heavy atom. The zero-order valence-corrected chi connectivity index (χ0v) is 12.7. The van der Waals surface area contributed by atoms with E-state index < -0.39 is 22.0 Å². The van der Waals surface area contributed by atoms with Crippen molar-refractivity contribution in [3.05, 3.63) is 18.2 Å². The smallest absolute Gasteiger partial charge is 0.322 e. The molecular formula is C12H21N3O4S.